The molecule has 0 saturated heterocycles. The first-order chi connectivity index (χ1) is 14.5. The molecule has 3 aromatic rings. The molecule has 1 aromatic heterocycles. The zero-order valence-corrected chi connectivity index (χ0v) is 18.1. The van der Waals surface area contributed by atoms with Crippen LogP contribution in [0.3, 0.4) is 0 Å². The number of anilines is 1. The van der Waals surface area contributed by atoms with Crippen molar-refractivity contribution in [2.24, 2.45) is 7.05 Å². The van der Waals surface area contributed by atoms with Crippen LogP contribution in [0.4, 0.5) is 5.82 Å². The number of nitrogens with one attached hydrogen (secondary N) is 1. The summed E-state index contributed by atoms with van der Waals surface area (Å²) in [5, 5.41) is 4.05. The van der Waals surface area contributed by atoms with Crippen molar-refractivity contribution in [1.29, 1.82) is 0 Å². The monoisotopic (exact) mass is 441 g/mol. The van der Waals surface area contributed by atoms with Crippen LogP contribution in [-0.4, -0.2) is 22.6 Å². The molecule has 0 fully saturated rings. The third-order valence-electron chi connectivity index (χ3n) is 5.13. The molecule has 1 aliphatic heterocycles. The van der Waals surface area contributed by atoms with Crippen molar-refractivity contribution in [1.82, 2.24) is 9.55 Å². The summed E-state index contributed by atoms with van der Waals surface area (Å²) in [6, 6.07) is 15.0. The van der Waals surface area contributed by atoms with E-state index >= 15 is 0 Å². The predicted octanol–water partition coefficient (Wildman–Crippen LogP) is 4.21. The first-order valence-electron chi connectivity index (χ1n) is 9.39. The fourth-order valence-corrected chi connectivity index (χ4v) is 4.79. The Bertz CT molecular complexity index is 1160. The average Bonchev–Trinajstić information content (AvgIpc) is 2.75. The summed E-state index contributed by atoms with van der Waals surface area (Å²) in [4.78, 5) is 29.7. The number of carbonyl (C=O) groups is 1. The van der Waals surface area contributed by atoms with Gasteiger partial charge < -0.3 is 14.6 Å². The molecule has 2 aromatic carbocycles. The number of hydrogen-bond donors (Lipinski definition) is 1. The number of amides is 1. The van der Waals surface area contributed by atoms with Crippen LogP contribution in [0, 0.1) is 0 Å². The minimum atomic E-state index is -0.353. The first-order valence-corrected chi connectivity index (χ1v) is 10.7. The Hall–Kier alpha value is -2.77. The smallest absolute Gasteiger partial charge is 0.279 e. The molecule has 0 spiro atoms. The van der Waals surface area contributed by atoms with Gasteiger partial charge >= 0.3 is 0 Å². The van der Waals surface area contributed by atoms with Crippen molar-refractivity contribution < 1.29 is 9.53 Å². The second kappa shape index (κ2) is 8.53. The van der Waals surface area contributed by atoms with E-state index in [0.717, 1.165) is 16.9 Å². The summed E-state index contributed by atoms with van der Waals surface area (Å²) < 4.78 is 6.98. The Labute approximate surface area is 183 Å². The number of fused-ring (bicyclic) bond motifs is 1. The summed E-state index contributed by atoms with van der Waals surface area (Å²) in [6.07, 6.45) is 0.197. The van der Waals surface area contributed by atoms with Crippen LogP contribution < -0.4 is 15.6 Å². The van der Waals surface area contributed by atoms with Crippen molar-refractivity contribution >= 4 is 35.1 Å². The van der Waals surface area contributed by atoms with E-state index in [9.17, 15) is 9.59 Å². The molecule has 0 radical (unpaired) electrons. The zero-order valence-electron chi connectivity index (χ0n) is 16.5. The molecule has 0 saturated carbocycles. The van der Waals surface area contributed by atoms with Gasteiger partial charge in [-0.1, -0.05) is 53.7 Å². The van der Waals surface area contributed by atoms with E-state index in [2.05, 4.69) is 10.3 Å². The second-order valence-electron chi connectivity index (χ2n) is 6.98. The maximum Gasteiger partial charge on any atom is 0.279 e. The Balaban J connectivity index is 1.71. The van der Waals surface area contributed by atoms with Gasteiger partial charge in [-0.15, -0.1) is 0 Å². The zero-order chi connectivity index (χ0) is 21.3. The van der Waals surface area contributed by atoms with Crippen LogP contribution in [0.15, 0.2) is 58.5 Å². The number of halogens is 1. The molecule has 1 unspecified atom stereocenters. The van der Waals surface area contributed by atoms with Gasteiger partial charge in [-0.05, 0) is 29.3 Å². The first kappa shape index (κ1) is 20.5. The number of hydrogen-bond acceptors (Lipinski definition) is 5. The molecule has 6 nitrogen and oxygen atoms in total. The summed E-state index contributed by atoms with van der Waals surface area (Å²) in [5.41, 5.74) is 2.01. The highest BCUT2D eigenvalue weighted by Crippen LogP contribution is 2.36. The number of ether oxygens (including phenoxy) is 1. The van der Waals surface area contributed by atoms with E-state index in [1.807, 2.05) is 48.5 Å². The van der Waals surface area contributed by atoms with Crippen molar-refractivity contribution in [3.05, 3.63) is 80.6 Å². The molecule has 30 heavy (non-hydrogen) atoms. The van der Waals surface area contributed by atoms with Crippen molar-refractivity contribution in [3.8, 4) is 5.75 Å². The number of carbonyl (C=O) groups excluding carboxylic acids is 1. The molecular formula is C22H20ClN3O3S. The number of thioether (sulfide) groups is 1. The lowest BCUT2D eigenvalue weighted by atomic mass is 9.87. The van der Waals surface area contributed by atoms with Gasteiger partial charge in [-0.2, -0.15) is 4.98 Å². The third-order valence-corrected chi connectivity index (χ3v) is 6.58. The van der Waals surface area contributed by atoms with Gasteiger partial charge in [0.1, 0.15) is 11.6 Å². The second-order valence-corrected chi connectivity index (χ2v) is 8.33. The fourth-order valence-electron chi connectivity index (χ4n) is 3.54. The van der Waals surface area contributed by atoms with Gasteiger partial charge in [0.05, 0.1) is 12.7 Å². The highest BCUT2D eigenvalue weighted by atomic mass is 35.5. The highest BCUT2D eigenvalue weighted by Gasteiger charge is 2.32. The fraction of sp³-hybridized carbons (Fsp3) is 0.227. The summed E-state index contributed by atoms with van der Waals surface area (Å²) in [6.45, 7) is 0. The predicted molar refractivity (Wildman–Crippen MR) is 119 cm³/mol. The Morgan fingerprint density at radius 3 is 2.63 bits per heavy atom. The number of nitrogens with zero attached hydrogens (tertiary/aromatic N) is 2. The molecule has 0 aliphatic carbocycles. The Morgan fingerprint density at radius 1 is 1.20 bits per heavy atom. The van der Waals surface area contributed by atoms with Crippen molar-refractivity contribution in [2.45, 2.75) is 23.2 Å². The van der Waals surface area contributed by atoms with Gasteiger partial charge in [0.25, 0.3) is 5.56 Å². The van der Waals surface area contributed by atoms with Gasteiger partial charge in [0, 0.05) is 30.2 Å². The maximum absolute atomic E-state index is 13.0. The standard InChI is InChI=1S/C22H20ClN3O3S/c1-26-20-19(16(11-18(27)24-20)13-7-9-15(29-2)10-8-13)21(28)25-22(26)30-12-14-5-3-4-6-17(14)23/h3-10,16H,11-12H2,1-2H3,(H,24,27). The van der Waals surface area contributed by atoms with Gasteiger partial charge in [0.15, 0.2) is 5.16 Å². The summed E-state index contributed by atoms with van der Waals surface area (Å²) >= 11 is 7.64. The minimum Gasteiger partial charge on any atom is -0.497 e. The molecule has 154 valence electrons. The lowest BCUT2D eigenvalue weighted by molar-refractivity contribution is -0.116. The van der Waals surface area contributed by atoms with E-state index in [0.29, 0.717) is 27.3 Å². The van der Waals surface area contributed by atoms with Crippen LogP contribution in [0.5, 0.6) is 5.75 Å². The SMILES string of the molecule is COc1ccc(C2CC(=O)Nc3c2c(=O)nc(SCc2ccccc2Cl)n3C)cc1. The molecule has 4 rings (SSSR count). The number of rotatable bonds is 5. The van der Waals surface area contributed by atoms with Crippen molar-refractivity contribution in [3.63, 3.8) is 0 Å². The highest BCUT2D eigenvalue weighted by molar-refractivity contribution is 7.98. The molecule has 1 atom stereocenters. The van der Waals surface area contributed by atoms with Crippen LogP contribution in [0.1, 0.15) is 29.0 Å². The van der Waals surface area contributed by atoms with Crippen LogP contribution in [-0.2, 0) is 17.6 Å². The number of benzene rings is 2. The Morgan fingerprint density at radius 2 is 1.93 bits per heavy atom. The Kier molecular flexibility index (Phi) is 5.83. The lowest BCUT2D eigenvalue weighted by Gasteiger charge is -2.27. The quantitative estimate of drug-likeness (QED) is 0.474. The largest absolute Gasteiger partial charge is 0.497 e. The van der Waals surface area contributed by atoms with Crippen molar-refractivity contribution in [2.75, 3.05) is 12.4 Å². The lowest BCUT2D eigenvalue weighted by Crippen LogP contribution is -2.33. The van der Waals surface area contributed by atoms with Gasteiger partial charge in [-0.3, -0.25) is 9.59 Å². The molecule has 1 amide bonds. The van der Waals surface area contributed by atoms with Crippen LogP contribution >= 0.6 is 23.4 Å². The van der Waals surface area contributed by atoms with Gasteiger partial charge in [-0.25, -0.2) is 0 Å². The molecule has 2 heterocycles. The third kappa shape index (κ3) is 3.95. The number of methoxy groups -OCH3 is 1. The number of aromatic nitrogens is 2. The molecule has 1 aliphatic rings. The molecular weight excluding hydrogens is 422 g/mol. The normalized spacial score (nSPS) is 15.4. The van der Waals surface area contributed by atoms with E-state index in [-0.39, 0.29) is 23.8 Å². The van der Waals surface area contributed by atoms with E-state index in [1.54, 1.807) is 18.7 Å². The minimum absolute atomic E-state index is 0.133. The van der Waals surface area contributed by atoms with E-state index < -0.39 is 0 Å². The maximum atomic E-state index is 13.0. The molecule has 8 heteroatoms. The summed E-state index contributed by atoms with van der Waals surface area (Å²) in [7, 11) is 3.40. The molecule has 1 N–H and O–H groups in total. The molecule has 0 bridgehead atoms. The van der Waals surface area contributed by atoms with E-state index in [4.69, 9.17) is 16.3 Å². The van der Waals surface area contributed by atoms with Crippen LogP contribution in [0.25, 0.3) is 0 Å². The topological polar surface area (TPSA) is 73.2 Å². The van der Waals surface area contributed by atoms with Crippen LogP contribution in [0.2, 0.25) is 5.02 Å². The van der Waals surface area contributed by atoms with E-state index in [1.165, 1.54) is 11.8 Å². The average molecular weight is 442 g/mol. The van der Waals surface area contributed by atoms with Gasteiger partial charge in [0.2, 0.25) is 5.91 Å². The summed E-state index contributed by atoms with van der Waals surface area (Å²) in [5.74, 6) is 1.29.